The van der Waals surface area contributed by atoms with Gasteiger partial charge in [-0.05, 0) is 36.8 Å². The predicted molar refractivity (Wildman–Crippen MR) is 84.6 cm³/mol. The maximum absolute atomic E-state index is 12.6. The van der Waals surface area contributed by atoms with Gasteiger partial charge in [0.15, 0.2) is 11.3 Å². The van der Waals surface area contributed by atoms with Crippen molar-refractivity contribution in [3.8, 4) is 11.5 Å². The second kappa shape index (κ2) is 4.37. The molecule has 0 saturated heterocycles. The fraction of sp³-hybridized carbons (Fsp3) is 0.167. The number of hydrogen-bond acceptors (Lipinski definition) is 4. The highest BCUT2D eigenvalue weighted by atomic mass is 16.5. The molecular formula is C18H14O4. The van der Waals surface area contributed by atoms with Crippen molar-refractivity contribution < 1.29 is 14.3 Å². The zero-order valence-corrected chi connectivity index (χ0v) is 12.1. The summed E-state index contributed by atoms with van der Waals surface area (Å²) < 4.78 is 11.7. The first-order chi connectivity index (χ1) is 10.6. The van der Waals surface area contributed by atoms with Crippen molar-refractivity contribution in [1.82, 2.24) is 0 Å². The number of aromatic hydroxyl groups is 1. The smallest absolute Gasteiger partial charge is 0.200 e. The SMILES string of the molecule is C=C(C)[C@H]1Cc2c(ccc3c(=O)c4cccc(O)c4oc23)O1. The molecule has 4 rings (SSSR count). The minimum atomic E-state index is -0.145. The van der Waals surface area contributed by atoms with E-state index in [0.717, 1.165) is 11.1 Å². The minimum Gasteiger partial charge on any atom is -0.504 e. The Balaban J connectivity index is 2.09. The van der Waals surface area contributed by atoms with Gasteiger partial charge in [0.2, 0.25) is 5.43 Å². The maximum atomic E-state index is 12.6. The Bertz CT molecular complexity index is 997. The van der Waals surface area contributed by atoms with Gasteiger partial charge < -0.3 is 14.3 Å². The van der Waals surface area contributed by atoms with Crippen molar-refractivity contribution in [2.75, 3.05) is 0 Å². The Morgan fingerprint density at radius 2 is 2.00 bits per heavy atom. The highest BCUT2D eigenvalue weighted by molar-refractivity contribution is 5.94. The molecule has 4 heteroatoms. The van der Waals surface area contributed by atoms with Gasteiger partial charge in [0.25, 0.3) is 0 Å². The van der Waals surface area contributed by atoms with E-state index in [1.54, 1.807) is 24.3 Å². The molecule has 1 atom stereocenters. The monoisotopic (exact) mass is 294 g/mol. The second-order valence-corrected chi connectivity index (χ2v) is 5.66. The van der Waals surface area contributed by atoms with Gasteiger partial charge in [-0.25, -0.2) is 0 Å². The Morgan fingerprint density at radius 3 is 2.77 bits per heavy atom. The summed E-state index contributed by atoms with van der Waals surface area (Å²) in [5.41, 5.74) is 2.34. The highest BCUT2D eigenvalue weighted by Gasteiger charge is 2.27. The molecule has 2 aromatic carbocycles. The Morgan fingerprint density at radius 1 is 1.23 bits per heavy atom. The first-order valence-electron chi connectivity index (χ1n) is 7.08. The number of ether oxygens (including phenoxy) is 1. The molecule has 0 bridgehead atoms. The topological polar surface area (TPSA) is 59.7 Å². The molecule has 0 unspecified atom stereocenters. The normalized spacial score (nSPS) is 16.7. The summed E-state index contributed by atoms with van der Waals surface area (Å²) in [5.74, 6) is 0.669. The lowest BCUT2D eigenvalue weighted by Crippen LogP contribution is -2.13. The van der Waals surface area contributed by atoms with Crippen LogP contribution >= 0.6 is 0 Å². The molecule has 4 nitrogen and oxygen atoms in total. The molecule has 1 aliphatic rings. The van der Waals surface area contributed by atoms with Crippen LogP contribution in [0.1, 0.15) is 12.5 Å². The van der Waals surface area contributed by atoms with Crippen LogP contribution in [-0.4, -0.2) is 11.2 Å². The summed E-state index contributed by atoms with van der Waals surface area (Å²) in [6.07, 6.45) is 0.510. The van der Waals surface area contributed by atoms with Gasteiger partial charge in [-0.3, -0.25) is 4.79 Å². The first kappa shape index (κ1) is 13.0. The Kier molecular flexibility index (Phi) is 2.57. The van der Waals surface area contributed by atoms with E-state index in [0.29, 0.717) is 28.5 Å². The maximum Gasteiger partial charge on any atom is 0.200 e. The van der Waals surface area contributed by atoms with E-state index in [9.17, 15) is 9.90 Å². The number of phenols is 1. The van der Waals surface area contributed by atoms with Crippen molar-refractivity contribution in [3.63, 3.8) is 0 Å². The minimum absolute atomic E-state index is 0.0375. The standard InChI is InChI=1S/C18H14O4/c1-9(2)15-8-12-14(21-15)7-6-11-16(20)10-4-3-5-13(19)18(10)22-17(11)12/h3-7,15,19H,1,8H2,2H3/t15-/m1/s1. The van der Waals surface area contributed by atoms with Crippen molar-refractivity contribution in [3.05, 3.63) is 58.3 Å². The molecule has 0 saturated carbocycles. The molecule has 1 aromatic heterocycles. The zero-order valence-electron chi connectivity index (χ0n) is 12.1. The van der Waals surface area contributed by atoms with E-state index in [-0.39, 0.29) is 22.9 Å². The van der Waals surface area contributed by atoms with Crippen LogP contribution in [0, 0.1) is 0 Å². The third kappa shape index (κ3) is 1.67. The summed E-state index contributed by atoms with van der Waals surface area (Å²) >= 11 is 0. The molecular weight excluding hydrogens is 280 g/mol. The van der Waals surface area contributed by atoms with E-state index >= 15 is 0 Å². The molecule has 1 aliphatic heterocycles. The van der Waals surface area contributed by atoms with Gasteiger partial charge in [0.1, 0.15) is 17.4 Å². The fourth-order valence-corrected chi connectivity index (χ4v) is 2.92. The third-order valence-electron chi connectivity index (χ3n) is 4.11. The average molecular weight is 294 g/mol. The lowest BCUT2D eigenvalue weighted by Gasteiger charge is -2.08. The Labute approximate surface area is 126 Å². The summed E-state index contributed by atoms with van der Waals surface area (Å²) in [6, 6.07) is 8.30. The quantitative estimate of drug-likeness (QED) is 0.551. The number of para-hydroxylation sites is 1. The largest absolute Gasteiger partial charge is 0.504 e. The van der Waals surface area contributed by atoms with Crippen LogP contribution in [0.5, 0.6) is 11.5 Å². The van der Waals surface area contributed by atoms with Gasteiger partial charge >= 0.3 is 0 Å². The van der Waals surface area contributed by atoms with Gasteiger partial charge in [-0.1, -0.05) is 12.6 Å². The molecule has 1 N–H and O–H groups in total. The van der Waals surface area contributed by atoms with Gasteiger partial charge in [0.05, 0.1) is 10.8 Å². The van der Waals surface area contributed by atoms with Crippen molar-refractivity contribution >= 4 is 21.9 Å². The lowest BCUT2D eigenvalue weighted by atomic mass is 10.0. The fourth-order valence-electron chi connectivity index (χ4n) is 2.92. The van der Waals surface area contributed by atoms with E-state index in [2.05, 4.69) is 6.58 Å². The van der Waals surface area contributed by atoms with Crippen LogP contribution in [0.15, 0.2) is 51.7 Å². The van der Waals surface area contributed by atoms with Crippen LogP contribution in [0.3, 0.4) is 0 Å². The summed E-state index contributed by atoms with van der Waals surface area (Å²) in [4.78, 5) is 12.6. The van der Waals surface area contributed by atoms with E-state index in [4.69, 9.17) is 9.15 Å². The van der Waals surface area contributed by atoms with Crippen molar-refractivity contribution in [2.45, 2.75) is 19.4 Å². The summed E-state index contributed by atoms with van der Waals surface area (Å²) in [7, 11) is 0. The number of benzene rings is 2. The predicted octanol–water partition coefficient (Wildman–Crippen LogP) is 3.53. The molecule has 2 heterocycles. The number of fused-ring (bicyclic) bond motifs is 4. The van der Waals surface area contributed by atoms with Crippen LogP contribution in [-0.2, 0) is 6.42 Å². The van der Waals surface area contributed by atoms with Crippen LogP contribution in [0.4, 0.5) is 0 Å². The number of hydrogen-bond donors (Lipinski definition) is 1. The van der Waals surface area contributed by atoms with E-state index in [1.165, 1.54) is 6.07 Å². The molecule has 0 fully saturated rings. The molecule has 110 valence electrons. The van der Waals surface area contributed by atoms with Crippen molar-refractivity contribution in [1.29, 1.82) is 0 Å². The van der Waals surface area contributed by atoms with Crippen LogP contribution in [0.2, 0.25) is 0 Å². The zero-order chi connectivity index (χ0) is 15.4. The third-order valence-corrected chi connectivity index (χ3v) is 4.11. The van der Waals surface area contributed by atoms with E-state index < -0.39 is 0 Å². The average Bonchev–Trinajstić information content (AvgIpc) is 2.93. The molecule has 0 amide bonds. The van der Waals surface area contributed by atoms with E-state index in [1.807, 2.05) is 6.92 Å². The molecule has 22 heavy (non-hydrogen) atoms. The van der Waals surface area contributed by atoms with Crippen molar-refractivity contribution in [2.24, 2.45) is 0 Å². The second-order valence-electron chi connectivity index (χ2n) is 5.66. The highest BCUT2D eigenvalue weighted by Crippen LogP contribution is 2.37. The Hall–Kier alpha value is -2.75. The first-order valence-corrected chi connectivity index (χ1v) is 7.08. The molecule has 0 aliphatic carbocycles. The summed E-state index contributed by atoms with van der Waals surface area (Å²) in [5, 5.41) is 10.8. The van der Waals surface area contributed by atoms with Crippen LogP contribution < -0.4 is 10.2 Å². The molecule has 3 aromatic rings. The number of phenolic OH excluding ortho intramolecular Hbond substituents is 1. The van der Waals surface area contributed by atoms with Gasteiger partial charge in [-0.15, -0.1) is 0 Å². The van der Waals surface area contributed by atoms with Gasteiger partial charge in [0, 0.05) is 12.0 Å². The van der Waals surface area contributed by atoms with Gasteiger partial charge in [-0.2, -0.15) is 0 Å². The molecule has 0 radical (unpaired) electrons. The number of rotatable bonds is 1. The lowest BCUT2D eigenvalue weighted by molar-refractivity contribution is 0.271. The summed E-state index contributed by atoms with van der Waals surface area (Å²) in [6.45, 7) is 5.84. The molecule has 0 spiro atoms. The van der Waals surface area contributed by atoms with Crippen LogP contribution in [0.25, 0.3) is 21.9 Å².